The number of nitrogens with zero attached hydrogens (tertiary/aromatic N) is 1. The Morgan fingerprint density at radius 1 is 1.50 bits per heavy atom. The van der Waals surface area contributed by atoms with Crippen molar-refractivity contribution < 1.29 is 22.7 Å². The number of sulfonamides is 1. The first-order valence-electron chi connectivity index (χ1n) is 5.97. The van der Waals surface area contributed by atoms with Gasteiger partial charge in [-0.15, -0.1) is 0 Å². The number of hydrogen-bond acceptors (Lipinski definition) is 3. The molecule has 1 N–H and O–H groups in total. The smallest absolute Gasteiger partial charge is 0.322 e. The minimum Gasteiger partial charge on any atom is -0.480 e. The van der Waals surface area contributed by atoms with Crippen molar-refractivity contribution in [3.05, 3.63) is 34.6 Å². The molecule has 0 unspecified atom stereocenters. The molecule has 0 saturated carbocycles. The highest BCUT2D eigenvalue weighted by Crippen LogP contribution is 2.25. The minimum absolute atomic E-state index is 0.0615. The third-order valence-corrected chi connectivity index (χ3v) is 5.25. The van der Waals surface area contributed by atoms with Gasteiger partial charge in [0.2, 0.25) is 10.0 Å². The Kier molecular flexibility index (Phi) is 4.31. The third kappa shape index (κ3) is 3.11. The number of aliphatic carboxylic acids is 1. The Balaban J connectivity index is 2.27. The van der Waals surface area contributed by atoms with Crippen LogP contribution in [-0.2, 0) is 20.6 Å². The van der Waals surface area contributed by atoms with Crippen molar-refractivity contribution in [2.75, 3.05) is 6.54 Å². The van der Waals surface area contributed by atoms with Crippen LogP contribution in [0.15, 0.2) is 18.2 Å². The summed E-state index contributed by atoms with van der Waals surface area (Å²) in [6.07, 6.45) is 0.751. The molecule has 0 radical (unpaired) electrons. The fourth-order valence-corrected chi connectivity index (χ4v) is 4.22. The molecule has 1 aromatic rings. The van der Waals surface area contributed by atoms with Crippen molar-refractivity contribution in [1.29, 1.82) is 0 Å². The molecule has 1 heterocycles. The zero-order chi connectivity index (χ0) is 14.9. The quantitative estimate of drug-likeness (QED) is 0.918. The van der Waals surface area contributed by atoms with Gasteiger partial charge in [0.15, 0.2) is 0 Å². The number of rotatable bonds is 4. The van der Waals surface area contributed by atoms with E-state index in [4.69, 9.17) is 16.7 Å². The van der Waals surface area contributed by atoms with Crippen molar-refractivity contribution >= 4 is 27.6 Å². The van der Waals surface area contributed by atoms with Crippen molar-refractivity contribution in [3.63, 3.8) is 0 Å². The van der Waals surface area contributed by atoms with E-state index in [0.29, 0.717) is 6.42 Å². The van der Waals surface area contributed by atoms with E-state index in [1.807, 2.05) is 0 Å². The lowest BCUT2D eigenvalue weighted by molar-refractivity contribution is -0.140. The zero-order valence-corrected chi connectivity index (χ0v) is 12.0. The fourth-order valence-electron chi connectivity index (χ4n) is 2.25. The minimum atomic E-state index is -3.89. The van der Waals surface area contributed by atoms with E-state index >= 15 is 0 Å². The van der Waals surface area contributed by atoms with E-state index in [9.17, 15) is 17.6 Å². The first kappa shape index (κ1) is 15.2. The Morgan fingerprint density at radius 2 is 2.20 bits per heavy atom. The number of carbonyl (C=O) groups is 1. The topological polar surface area (TPSA) is 74.7 Å². The van der Waals surface area contributed by atoms with Gasteiger partial charge in [0.1, 0.15) is 11.9 Å². The molecule has 1 aliphatic rings. The lowest BCUT2D eigenvalue weighted by Gasteiger charge is -2.21. The average molecular weight is 322 g/mol. The van der Waals surface area contributed by atoms with Gasteiger partial charge >= 0.3 is 5.97 Å². The van der Waals surface area contributed by atoms with E-state index < -0.39 is 33.6 Å². The predicted molar refractivity (Wildman–Crippen MR) is 71.4 cm³/mol. The molecule has 0 aromatic heterocycles. The maximum atomic E-state index is 13.6. The summed E-state index contributed by atoms with van der Waals surface area (Å²) in [6.45, 7) is 0.140. The summed E-state index contributed by atoms with van der Waals surface area (Å²) < 4.78 is 39.0. The summed E-state index contributed by atoms with van der Waals surface area (Å²) in [6, 6.07) is 2.58. The van der Waals surface area contributed by atoms with Crippen molar-refractivity contribution in [2.24, 2.45) is 0 Å². The SMILES string of the molecule is O=C(O)[C@@H]1CCCN1S(=O)(=O)Cc1cc(Cl)ccc1F. The maximum Gasteiger partial charge on any atom is 0.322 e. The summed E-state index contributed by atoms with van der Waals surface area (Å²) >= 11 is 5.72. The molecule has 0 bridgehead atoms. The Morgan fingerprint density at radius 3 is 2.85 bits per heavy atom. The molecular formula is C12H13ClFNO4S. The monoisotopic (exact) mass is 321 g/mol. The van der Waals surface area contributed by atoms with Crippen LogP contribution in [0.4, 0.5) is 4.39 Å². The van der Waals surface area contributed by atoms with Crippen molar-refractivity contribution in [3.8, 4) is 0 Å². The van der Waals surface area contributed by atoms with E-state index in [1.54, 1.807) is 0 Å². The van der Waals surface area contributed by atoms with Crippen LogP contribution in [0.1, 0.15) is 18.4 Å². The van der Waals surface area contributed by atoms with Gasteiger partial charge in [-0.1, -0.05) is 11.6 Å². The van der Waals surface area contributed by atoms with Crippen molar-refractivity contribution in [1.82, 2.24) is 4.31 Å². The van der Waals surface area contributed by atoms with Crippen LogP contribution in [-0.4, -0.2) is 36.4 Å². The van der Waals surface area contributed by atoms with Crippen LogP contribution < -0.4 is 0 Å². The Bertz CT molecular complexity index is 634. The summed E-state index contributed by atoms with van der Waals surface area (Å²) in [4.78, 5) is 11.0. The highest BCUT2D eigenvalue weighted by molar-refractivity contribution is 7.88. The van der Waals surface area contributed by atoms with E-state index in [0.717, 1.165) is 10.4 Å². The predicted octanol–water partition coefficient (Wildman–Crippen LogP) is 1.86. The second-order valence-corrected chi connectivity index (χ2v) is 6.96. The molecule has 8 heteroatoms. The van der Waals surface area contributed by atoms with E-state index in [-0.39, 0.29) is 23.6 Å². The number of hydrogen-bond donors (Lipinski definition) is 1. The van der Waals surface area contributed by atoms with Gasteiger partial charge < -0.3 is 5.11 Å². The molecule has 1 atom stereocenters. The highest BCUT2D eigenvalue weighted by atomic mass is 35.5. The van der Waals surface area contributed by atoms with Gasteiger partial charge in [-0.2, -0.15) is 4.31 Å². The van der Waals surface area contributed by atoms with Crippen LogP contribution in [0.2, 0.25) is 5.02 Å². The van der Waals surface area contributed by atoms with Crippen LogP contribution in [0.5, 0.6) is 0 Å². The van der Waals surface area contributed by atoms with Gasteiger partial charge in [-0.05, 0) is 31.0 Å². The molecule has 1 saturated heterocycles. The number of carboxylic acids is 1. The van der Waals surface area contributed by atoms with Crippen LogP contribution in [0, 0.1) is 5.82 Å². The molecule has 1 aromatic carbocycles. The van der Waals surface area contributed by atoms with Crippen LogP contribution >= 0.6 is 11.6 Å². The van der Waals surface area contributed by atoms with E-state index in [1.165, 1.54) is 12.1 Å². The summed E-state index contributed by atoms with van der Waals surface area (Å²) in [5.41, 5.74) is -0.0615. The second kappa shape index (κ2) is 5.67. The molecular weight excluding hydrogens is 309 g/mol. The Labute approximate surface area is 121 Å². The molecule has 0 aliphatic carbocycles. The number of carboxylic acid groups (broad SMARTS) is 1. The lowest BCUT2D eigenvalue weighted by Crippen LogP contribution is -2.41. The van der Waals surface area contributed by atoms with Crippen molar-refractivity contribution in [2.45, 2.75) is 24.6 Å². The summed E-state index contributed by atoms with van der Waals surface area (Å²) in [7, 11) is -3.89. The molecule has 2 rings (SSSR count). The van der Waals surface area contributed by atoms with Gasteiger partial charge in [-0.3, -0.25) is 4.79 Å². The average Bonchev–Trinajstić information content (AvgIpc) is 2.83. The van der Waals surface area contributed by atoms with Gasteiger partial charge in [0.05, 0.1) is 5.75 Å². The summed E-state index contributed by atoms with van der Waals surface area (Å²) in [5.74, 6) is -2.45. The molecule has 0 spiro atoms. The molecule has 1 aliphatic heterocycles. The number of benzene rings is 1. The van der Waals surface area contributed by atoms with Crippen LogP contribution in [0.25, 0.3) is 0 Å². The zero-order valence-electron chi connectivity index (χ0n) is 10.4. The molecule has 110 valence electrons. The maximum absolute atomic E-state index is 13.6. The fraction of sp³-hybridized carbons (Fsp3) is 0.417. The third-order valence-electron chi connectivity index (χ3n) is 3.19. The Hall–Kier alpha value is -1.18. The normalized spacial score (nSPS) is 20.2. The molecule has 0 amide bonds. The first-order chi connectivity index (χ1) is 9.31. The van der Waals surface area contributed by atoms with Gasteiger partial charge in [0, 0.05) is 17.1 Å². The van der Waals surface area contributed by atoms with Gasteiger partial charge in [-0.25, -0.2) is 12.8 Å². The van der Waals surface area contributed by atoms with E-state index in [2.05, 4.69) is 0 Å². The summed E-state index contributed by atoms with van der Waals surface area (Å²) in [5, 5.41) is 9.24. The molecule has 5 nitrogen and oxygen atoms in total. The largest absolute Gasteiger partial charge is 0.480 e. The lowest BCUT2D eigenvalue weighted by atomic mass is 10.2. The van der Waals surface area contributed by atoms with Gasteiger partial charge in [0.25, 0.3) is 0 Å². The standard InChI is InChI=1S/C12H13ClFNO4S/c13-9-3-4-10(14)8(6-9)7-20(18,19)15-5-1-2-11(15)12(16)17/h3-4,6,11H,1-2,5,7H2,(H,16,17)/t11-/m0/s1. The number of halogens is 2. The van der Waals surface area contributed by atoms with Crippen LogP contribution in [0.3, 0.4) is 0 Å². The molecule has 1 fully saturated rings. The molecule has 20 heavy (non-hydrogen) atoms. The second-order valence-electron chi connectivity index (χ2n) is 4.60. The highest BCUT2D eigenvalue weighted by Gasteiger charge is 2.38. The first-order valence-corrected chi connectivity index (χ1v) is 7.96.